The second kappa shape index (κ2) is 7.79. The Balaban J connectivity index is 1.59. The van der Waals surface area contributed by atoms with E-state index in [1.807, 2.05) is 38.4 Å². The smallest absolute Gasteiger partial charge is 0.205 e. The first-order valence-electron chi connectivity index (χ1n) is 10.5. The van der Waals surface area contributed by atoms with Gasteiger partial charge in [0.05, 0.1) is 5.92 Å². The van der Waals surface area contributed by atoms with Gasteiger partial charge in [-0.15, -0.1) is 0 Å². The number of nitrogens with zero attached hydrogens (tertiary/aromatic N) is 2. The summed E-state index contributed by atoms with van der Waals surface area (Å²) >= 11 is 0. The normalized spacial score (nSPS) is 18.3. The first-order valence-corrected chi connectivity index (χ1v) is 10.5. The summed E-state index contributed by atoms with van der Waals surface area (Å²) in [6, 6.07) is 22.9. The highest BCUT2D eigenvalue weighted by atomic mass is 16.5. The monoisotopic (exact) mass is 417 g/mol. The van der Waals surface area contributed by atoms with Gasteiger partial charge in [0.25, 0.3) is 0 Å². The maximum absolute atomic E-state index is 9.92. The molecule has 3 aromatic rings. The Morgan fingerprint density at radius 3 is 2.53 bits per heavy atom. The molecule has 0 radical (unpaired) electrons. The highest BCUT2D eigenvalue weighted by Gasteiger charge is 2.33. The molecule has 32 heavy (non-hydrogen) atoms. The van der Waals surface area contributed by atoms with Crippen LogP contribution in [0.15, 0.2) is 101 Å². The molecule has 1 aliphatic heterocycles. The Bertz CT molecular complexity index is 1380. The molecule has 1 unspecified atom stereocenters. The maximum Gasteiger partial charge on any atom is 0.205 e. The second-order valence-corrected chi connectivity index (χ2v) is 8.23. The molecule has 0 aromatic heterocycles. The van der Waals surface area contributed by atoms with E-state index in [1.54, 1.807) is 0 Å². The number of hydrogen-bond acceptors (Lipinski definition) is 4. The van der Waals surface area contributed by atoms with Gasteiger partial charge < -0.3 is 15.4 Å². The molecule has 3 aromatic carbocycles. The first kappa shape index (κ1) is 19.7. The predicted octanol–water partition coefficient (Wildman–Crippen LogP) is 5.66. The summed E-state index contributed by atoms with van der Waals surface area (Å²) in [7, 11) is 4.06. The Morgan fingerprint density at radius 1 is 1.00 bits per heavy atom. The zero-order valence-corrected chi connectivity index (χ0v) is 18.0. The molecule has 0 saturated carbocycles. The van der Waals surface area contributed by atoms with E-state index >= 15 is 0 Å². The topological polar surface area (TPSA) is 62.3 Å². The lowest BCUT2D eigenvalue weighted by Crippen LogP contribution is -2.21. The number of fused-ring (bicyclic) bond motifs is 3. The van der Waals surface area contributed by atoms with E-state index in [-0.39, 0.29) is 11.8 Å². The van der Waals surface area contributed by atoms with Crippen LogP contribution in [0.5, 0.6) is 5.75 Å². The van der Waals surface area contributed by atoms with Crippen LogP contribution in [-0.4, -0.2) is 14.1 Å². The van der Waals surface area contributed by atoms with Crippen molar-refractivity contribution in [2.24, 2.45) is 5.73 Å². The van der Waals surface area contributed by atoms with Crippen LogP contribution >= 0.6 is 0 Å². The van der Waals surface area contributed by atoms with Crippen molar-refractivity contribution in [2.45, 2.75) is 5.92 Å². The number of nitrogens with two attached hydrogens (primary N) is 1. The molecule has 0 amide bonds. The summed E-state index contributed by atoms with van der Waals surface area (Å²) in [5, 5.41) is 12.1. The standard InChI is InChI=1S/C28H23N3O/c1-31(2)22-12-8-18(9-13-22)15-19-7-10-21(16-19)26-24(17-29)28(30)32-25-14-11-20-5-3-4-6-23(20)27(25)26/h3-16,26H,30H2,1-2H3/b19-15+. The van der Waals surface area contributed by atoms with Crippen LogP contribution in [-0.2, 0) is 0 Å². The van der Waals surface area contributed by atoms with Gasteiger partial charge in [-0.05, 0) is 51.8 Å². The fraction of sp³-hybridized carbons (Fsp3) is 0.107. The van der Waals surface area contributed by atoms with Crippen LogP contribution in [0, 0.1) is 11.3 Å². The quantitative estimate of drug-likeness (QED) is 0.598. The van der Waals surface area contributed by atoms with Gasteiger partial charge in [0, 0.05) is 25.3 Å². The average molecular weight is 418 g/mol. The molecule has 2 aliphatic rings. The van der Waals surface area contributed by atoms with Crippen molar-refractivity contribution in [3.8, 4) is 11.8 Å². The SMILES string of the molecule is CN(C)c1ccc(/C=C2\C=CC(C3C(C#N)=C(N)Oc4ccc5ccccc5c43)=C2)cc1. The lowest BCUT2D eigenvalue weighted by molar-refractivity contribution is 0.395. The maximum atomic E-state index is 9.92. The van der Waals surface area contributed by atoms with Gasteiger partial charge in [0.15, 0.2) is 0 Å². The number of rotatable bonds is 3. The molecule has 0 spiro atoms. The molecular formula is C28H23N3O. The summed E-state index contributed by atoms with van der Waals surface area (Å²) in [6.07, 6.45) is 8.43. The number of nitriles is 1. The predicted molar refractivity (Wildman–Crippen MR) is 130 cm³/mol. The molecule has 4 nitrogen and oxygen atoms in total. The van der Waals surface area contributed by atoms with E-state index in [1.165, 1.54) is 0 Å². The lowest BCUT2D eigenvalue weighted by atomic mass is 9.81. The first-order chi connectivity index (χ1) is 15.5. The molecule has 0 bridgehead atoms. The van der Waals surface area contributed by atoms with Crippen LogP contribution in [0.1, 0.15) is 17.0 Å². The van der Waals surface area contributed by atoms with Crippen LogP contribution in [0.25, 0.3) is 16.8 Å². The number of ether oxygens (including phenoxy) is 1. The zero-order valence-electron chi connectivity index (χ0n) is 18.0. The van der Waals surface area contributed by atoms with Crippen molar-refractivity contribution in [3.05, 3.63) is 113 Å². The minimum absolute atomic E-state index is 0.172. The van der Waals surface area contributed by atoms with Crippen molar-refractivity contribution in [3.63, 3.8) is 0 Å². The van der Waals surface area contributed by atoms with E-state index in [0.29, 0.717) is 11.3 Å². The number of anilines is 1. The molecule has 1 atom stereocenters. The molecule has 1 aliphatic carbocycles. The number of allylic oxidation sites excluding steroid dienone is 6. The van der Waals surface area contributed by atoms with Crippen LogP contribution in [0.3, 0.4) is 0 Å². The molecule has 0 saturated heterocycles. The Hall–Kier alpha value is -4.23. The Labute approximate surface area is 187 Å². The van der Waals surface area contributed by atoms with Gasteiger partial charge >= 0.3 is 0 Å². The van der Waals surface area contributed by atoms with Crippen molar-refractivity contribution in [2.75, 3.05) is 19.0 Å². The van der Waals surface area contributed by atoms with Crippen molar-refractivity contribution in [1.82, 2.24) is 0 Å². The Kier molecular flexibility index (Phi) is 4.80. The van der Waals surface area contributed by atoms with Gasteiger partial charge in [0.2, 0.25) is 5.88 Å². The van der Waals surface area contributed by atoms with E-state index < -0.39 is 0 Å². The van der Waals surface area contributed by atoms with E-state index in [0.717, 1.165) is 38.7 Å². The third kappa shape index (κ3) is 3.34. The van der Waals surface area contributed by atoms with Gasteiger partial charge in [-0.3, -0.25) is 0 Å². The highest BCUT2D eigenvalue weighted by molar-refractivity contribution is 5.90. The number of benzene rings is 3. The fourth-order valence-corrected chi connectivity index (χ4v) is 4.39. The summed E-state index contributed by atoms with van der Waals surface area (Å²) < 4.78 is 5.85. The summed E-state index contributed by atoms with van der Waals surface area (Å²) in [4.78, 5) is 2.08. The summed E-state index contributed by atoms with van der Waals surface area (Å²) in [5.74, 6) is 0.607. The Morgan fingerprint density at radius 2 is 1.78 bits per heavy atom. The van der Waals surface area contributed by atoms with Crippen LogP contribution in [0.4, 0.5) is 5.69 Å². The van der Waals surface area contributed by atoms with Crippen molar-refractivity contribution >= 4 is 22.5 Å². The second-order valence-electron chi connectivity index (χ2n) is 8.23. The third-order valence-electron chi connectivity index (χ3n) is 5.99. The van der Waals surface area contributed by atoms with Crippen molar-refractivity contribution in [1.29, 1.82) is 5.26 Å². The van der Waals surface area contributed by atoms with Gasteiger partial charge in [-0.1, -0.05) is 60.7 Å². The van der Waals surface area contributed by atoms with Crippen LogP contribution < -0.4 is 15.4 Å². The molecule has 156 valence electrons. The minimum atomic E-state index is -0.270. The van der Waals surface area contributed by atoms with Crippen LogP contribution in [0.2, 0.25) is 0 Å². The molecule has 0 fully saturated rings. The molecular weight excluding hydrogens is 394 g/mol. The third-order valence-corrected chi connectivity index (χ3v) is 5.99. The van der Waals surface area contributed by atoms with E-state index in [2.05, 4.69) is 71.7 Å². The summed E-state index contributed by atoms with van der Waals surface area (Å²) in [6.45, 7) is 0. The largest absolute Gasteiger partial charge is 0.440 e. The van der Waals surface area contributed by atoms with E-state index in [9.17, 15) is 5.26 Å². The molecule has 5 rings (SSSR count). The molecule has 4 heteroatoms. The minimum Gasteiger partial charge on any atom is -0.440 e. The highest BCUT2D eigenvalue weighted by Crippen LogP contribution is 2.47. The van der Waals surface area contributed by atoms with Gasteiger partial charge in [0.1, 0.15) is 17.4 Å². The zero-order chi connectivity index (χ0) is 22.2. The van der Waals surface area contributed by atoms with Crippen molar-refractivity contribution < 1.29 is 4.74 Å². The lowest BCUT2D eigenvalue weighted by Gasteiger charge is -2.27. The number of hydrogen-bond donors (Lipinski definition) is 1. The average Bonchev–Trinajstić information content (AvgIpc) is 3.26. The molecule has 1 heterocycles. The van der Waals surface area contributed by atoms with E-state index in [4.69, 9.17) is 10.5 Å². The van der Waals surface area contributed by atoms with Gasteiger partial charge in [-0.25, -0.2) is 0 Å². The molecule has 2 N–H and O–H groups in total. The van der Waals surface area contributed by atoms with Gasteiger partial charge in [-0.2, -0.15) is 5.26 Å². The summed E-state index contributed by atoms with van der Waals surface area (Å²) in [5.41, 5.74) is 12.0. The fourth-order valence-electron chi connectivity index (χ4n) is 4.39.